The average molecular weight is 379 g/mol. The molecule has 1 atom stereocenters. The van der Waals surface area contributed by atoms with Crippen molar-refractivity contribution in [1.82, 2.24) is 20.2 Å². The van der Waals surface area contributed by atoms with E-state index in [2.05, 4.69) is 20.6 Å². The molecule has 3 heterocycles. The Bertz CT molecular complexity index is 983. The third-order valence-electron chi connectivity index (χ3n) is 4.69. The van der Waals surface area contributed by atoms with E-state index in [9.17, 15) is 9.59 Å². The minimum Gasteiger partial charge on any atom is -0.434 e. The Morgan fingerprint density at radius 3 is 3.00 bits per heavy atom. The summed E-state index contributed by atoms with van der Waals surface area (Å²) in [5.74, 6) is 0.328. The van der Waals surface area contributed by atoms with E-state index in [0.29, 0.717) is 42.3 Å². The van der Waals surface area contributed by atoms with Crippen LogP contribution in [0.1, 0.15) is 19.8 Å². The predicted molar refractivity (Wildman–Crippen MR) is 105 cm³/mol. The fraction of sp³-hybridized carbons (Fsp3) is 0.300. The Morgan fingerprint density at radius 2 is 2.18 bits per heavy atom. The molecule has 3 amide bonds. The second-order valence-corrected chi connectivity index (χ2v) is 6.60. The number of likely N-dealkylation sites (N-methyl/N-ethyl adjacent to an activating group) is 1. The molecule has 0 aliphatic carbocycles. The highest BCUT2D eigenvalue weighted by Gasteiger charge is 2.33. The minimum atomic E-state index is -0.425. The first kappa shape index (κ1) is 18.0. The van der Waals surface area contributed by atoms with Crippen LogP contribution in [-0.2, 0) is 4.79 Å². The number of carbonyl (C=O) groups is 2. The van der Waals surface area contributed by atoms with Crippen molar-refractivity contribution in [3.63, 3.8) is 0 Å². The van der Waals surface area contributed by atoms with Gasteiger partial charge in [0.25, 0.3) is 0 Å². The summed E-state index contributed by atoms with van der Waals surface area (Å²) in [6, 6.07) is 10.1. The van der Waals surface area contributed by atoms with Crippen LogP contribution in [0.5, 0.6) is 0 Å². The van der Waals surface area contributed by atoms with E-state index in [-0.39, 0.29) is 11.9 Å². The number of benzene rings is 1. The first-order valence-electron chi connectivity index (χ1n) is 9.33. The minimum absolute atomic E-state index is 0.108. The molecule has 1 fully saturated rings. The Labute approximate surface area is 162 Å². The SMILES string of the molecule is CCNC(=O)[C@@H]1CCCN1C(=O)Nc1cccc(-c2nc3ncccc3o2)c1. The van der Waals surface area contributed by atoms with Crippen LogP contribution in [-0.4, -0.2) is 45.9 Å². The Morgan fingerprint density at radius 1 is 1.29 bits per heavy atom. The number of urea groups is 1. The number of rotatable bonds is 4. The molecule has 28 heavy (non-hydrogen) atoms. The average Bonchev–Trinajstić information content (AvgIpc) is 3.35. The molecule has 0 unspecified atom stereocenters. The zero-order valence-electron chi connectivity index (χ0n) is 15.5. The van der Waals surface area contributed by atoms with Gasteiger partial charge in [-0.15, -0.1) is 0 Å². The molecule has 2 N–H and O–H groups in total. The molecule has 1 aliphatic rings. The van der Waals surface area contributed by atoms with E-state index in [1.807, 2.05) is 19.1 Å². The molecule has 2 aromatic heterocycles. The van der Waals surface area contributed by atoms with Crippen LogP contribution in [0, 0.1) is 0 Å². The molecule has 0 bridgehead atoms. The van der Waals surface area contributed by atoms with Crippen molar-refractivity contribution in [2.45, 2.75) is 25.8 Å². The number of amides is 3. The Kier molecular flexibility index (Phi) is 4.92. The number of hydrogen-bond acceptors (Lipinski definition) is 5. The molecule has 1 saturated heterocycles. The highest BCUT2D eigenvalue weighted by Crippen LogP contribution is 2.26. The summed E-state index contributed by atoms with van der Waals surface area (Å²) in [7, 11) is 0. The normalized spacial score (nSPS) is 16.3. The van der Waals surface area contributed by atoms with Crippen LogP contribution in [0.4, 0.5) is 10.5 Å². The largest absolute Gasteiger partial charge is 0.434 e. The molecule has 8 heteroatoms. The van der Waals surface area contributed by atoms with E-state index in [1.54, 1.807) is 35.4 Å². The third-order valence-corrected chi connectivity index (χ3v) is 4.69. The third kappa shape index (κ3) is 3.53. The van der Waals surface area contributed by atoms with Gasteiger partial charge in [-0.05, 0) is 50.1 Å². The van der Waals surface area contributed by atoms with Crippen molar-refractivity contribution in [3.8, 4) is 11.5 Å². The topological polar surface area (TPSA) is 100 Å². The van der Waals surface area contributed by atoms with E-state index in [4.69, 9.17) is 4.42 Å². The molecule has 4 rings (SSSR count). The lowest BCUT2D eigenvalue weighted by Gasteiger charge is -2.24. The van der Waals surface area contributed by atoms with Gasteiger partial charge in [0.2, 0.25) is 11.8 Å². The number of nitrogens with one attached hydrogen (secondary N) is 2. The van der Waals surface area contributed by atoms with Gasteiger partial charge >= 0.3 is 6.03 Å². The van der Waals surface area contributed by atoms with Crippen molar-refractivity contribution in [2.75, 3.05) is 18.4 Å². The molecule has 1 aromatic carbocycles. The number of hydrogen-bond donors (Lipinski definition) is 2. The maximum absolute atomic E-state index is 12.7. The van der Waals surface area contributed by atoms with Gasteiger partial charge in [-0.1, -0.05) is 6.07 Å². The zero-order chi connectivity index (χ0) is 19.5. The molecular weight excluding hydrogens is 358 g/mol. The second-order valence-electron chi connectivity index (χ2n) is 6.60. The van der Waals surface area contributed by atoms with Gasteiger partial charge in [-0.25, -0.2) is 9.78 Å². The maximum Gasteiger partial charge on any atom is 0.322 e. The summed E-state index contributed by atoms with van der Waals surface area (Å²) < 4.78 is 5.74. The van der Waals surface area contributed by atoms with Gasteiger partial charge in [0.05, 0.1) is 0 Å². The first-order chi connectivity index (χ1) is 13.7. The second kappa shape index (κ2) is 7.67. The predicted octanol–water partition coefficient (Wildman–Crippen LogP) is 3.02. The Balaban J connectivity index is 1.51. The number of carbonyl (C=O) groups excluding carboxylic acids is 2. The number of nitrogens with zero attached hydrogens (tertiary/aromatic N) is 3. The molecule has 0 radical (unpaired) electrons. The lowest BCUT2D eigenvalue weighted by molar-refractivity contribution is -0.124. The summed E-state index contributed by atoms with van der Waals surface area (Å²) in [5, 5.41) is 5.67. The number of aromatic nitrogens is 2. The van der Waals surface area contributed by atoms with Crippen LogP contribution >= 0.6 is 0 Å². The van der Waals surface area contributed by atoms with E-state index >= 15 is 0 Å². The van der Waals surface area contributed by atoms with Crippen LogP contribution in [0.15, 0.2) is 47.0 Å². The number of anilines is 1. The monoisotopic (exact) mass is 379 g/mol. The summed E-state index contributed by atoms with van der Waals surface area (Å²) in [6.45, 7) is 2.97. The number of pyridine rings is 1. The quantitative estimate of drug-likeness (QED) is 0.726. The summed E-state index contributed by atoms with van der Waals surface area (Å²) >= 11 is 0. The van der Waals surface area contributed by atoms with Gasteiger partial charge in [-0.2, -0.15) is 4.98 Å². The maximum atomic E-state index is 12.7. The van der Waals surface area contributed by atoms with Crippen LogP contribution < -0.4 is 10.6 Å². The van der Waals surface area contributed by atoms with Crippen molar-refractivity contribution in [2.24, 2.45) is 0 Å². The van der Waals surface area contributed by atoms with Gasteiger partial charge < -0.3 is 20.0 Å². The van der Waals surface area contributed by atoms with Gasteiger partial charge in [0, 0.05) is 30.5 Å². The van der Waals surface area contributed by atoms with Gasteiger partial charge in [0.1, 0.15) is 6.04 Å². The molecule has 0 spiro atoms. The van der Waals surface area contributed by atoms with Crippen LogP contribution in [0.2, 0.25) is 0 Å². The highest BCUT2D eigenvalue weighted by molar-refractivity contribution is 5.94. The van der Waals surface area contributed by atoms with Crippen LogP contribution in [0.3, 0.4) is 0 Å². The molecule has 8 nitrogen and oxygen atoms in total. The fourth-order valence-corrected chi connectivity index (χ4v) is 3.39. The van der Waals surface area contributed by atoms with E-state index in [0.717, 1.165) is 12.0 Å². The number of fused-ring (bicyclic) bond motifs is 1. The van der Waals surface area contributed by atoms with Gasteiger partial charge in [0.15, 0.2) is 11.2 Å². The number of oxazole rings is 1. The molecular formula is C20H21N5O3. The van der Waals surface area contributed by atoms with Crippen molar-refractivity contribution < 1.29 is 14.0 Å². The van der Waals surface area contributed by atoms with Crippen molar-refractivity contribution >= 4 is 28.9 Å². The summed E-state index contributed by atoms with van der Waals surface area (Å²) in [6.07, 6.45) is 3.15. The molecule has 0 saturated carbocycles. The summed E-state index contributed by atoms with van der Waals surface area (Å²) in [5.41, 5.74) is 2.49. The fourth-order valence-electron chi connectivity index (χ4n) is 3.39. The van der Waals surface area contributed by atoms with E-state index < -0.39 is 6.04 Å². The van der Waals surface area contributed by atoms with Crippen molar-refractivity contribution in [3.05, 3.63) is 42.6 Å². The van der Waals surface area contributed by atoms with Gasteiger partial charge in [-0.3, -0.25) is 4.79 Å². The zero-order valence-corrected chi connectivity index (χ0v) is 15.5. The van der Waals surface area contributed by atoms with E-state index in [1.165, 1.54) is 0 Å². The lowest BCUT2D eigenvalue weighted by atomic mass is 10.2. The van der Waals surface area contributed by atoms with Crippen molar-refractivity contribution in [1.29, 1.82) is 0 Å². The van der Waals surface area contributed by atoms with Crippen LogP contribution in [0.25, 0.3) is 22.7 Å². The highest BCUT2D eigenvalue weighted by atomic mass is 16.3. The first-order valence-corrected chi connectivity index (χ1v) is 9.33. The molecule has 3 aromatic rings. The smallest absolute Gasteiger partial charge is 0.322 e. The lowest BCUT2D eigenvalue weighted by Crippen LogP contribution is -2.47. The molecule has 144 valence electrons. The molecule has 1 aliphatic heterocycles. The standard InChI is InChI=1S/C20H21N5O3/c1-2-21-18(26)15-8-5-11-25(15)20(27)23-14-7-3-6-13(12-14)19-24-17-16(28-19)9-4-10-22-17/h3-4,6-7,9-10,12,15H,2,5,8,11H2,1H3,(H,21,26)(H,23,27)/t15-/m0/s1. The summed E-state index contributed by atoms with van der Waals surface area (Å²) in [4.78, 5) is 35.0. The Hall–Kier alpha value is -3.42. The number of likely N-dealkylation sites (tertiary alicyclic amines) is 1.